The number of hydrogen-bond donors (Lipinski definition) is 3. The van der Waals surface area contributed by atoms with Crippen molar-refractivity contribution in [3.8, 4) is 11.1 Å². The zero-order valence-electron chi connectivity index (χ0n) is 15.0. The van der Waals surface area contributed by atoms with Gasteiger partial charge in [0.25, 0.3) is 0 Å². The number of piperidine rings is 1. The first kappa shape index (κ1) is 18.6. The highest BCUT2D eigenvalue weighted by Crippen LogP contribution is 2.20. The molecule has 1 heterocycles. The van der Waals surface area contributed by atoms with E-state index in [4.69, 9.17) is 10.8 Å². The van der Waals surface area contributed by atoms with E-state index in [-0.39, 0.29) is 18.6 Å². The minimum absolute atomic E-state index is 0.150. The fraction of sp³-hybridized carbons (Fsp3) is 0.381. The maximum Gasteiger partial charge on any atom is 0.239 e. The zero-order valence-corrected chi connectivity index (χ0v) is 15.0. The molecule has 1 fully saturated rings. The number of likely N-dealkylation sites (tertiary alicyclic amines) is 1. The van der Waals surface area contributed by atoms with Crippen LogP contribution in [0.1, 0.15) is 18.4 Å². The van der Waals surface area contributed by atoms with E-state index in [9.17, 15) is 4.79 Å². The molecule has 0 radical (unpaired) electrons. The Labute approximate surface area is 154 Å². The third kappa shape index (κ3) is 4.91. The largest absolute Gasteiger partial charge is 0.394 e. The summed E-state index contributed by atoms with van der Waals surface area (Å²) in [7, 11) is 0. The molecule has 0 bridgehead atoms. The Bertz CT molecular complexity index is 695. The molecule has 5 heteroatoms. The van der Waals surface area contributed by atoms with Crippen molar-refractivity contribution in [1.82, 2.24) is 10.2 Å². The molecule has 2 aromatic rings. The zero-order chi connectivity index (χ0) is 18.4. The molecule has 1 aliphatic heterocycles. The second kappa shape index (κ2) is 8.94. The van der Waals surface area contributed by atoms with E-state index >= 15 is 0 Å². The van der Waals surface area contributed by atoms with E-state index in [2.05, 4.69) is 58.7 Å². The molecular weight excluding hydrogens is 326 g/mol. The molecule has 0 aromatic heterocycles. The van der Waals surface area contributed by atoms with Crippen LogP contribution in [0.15, 0.2) is 54.6 Å². The molecule has 0 unspecified atom stereocenters. The lowest BCUT2D eigenvalue weighted by atomic mass is 10.0. The van der Waals surface area contributed by atoms with Crippen LogP contribution in [0.4, 0.5) is 0 Å². The van der Waals surface area contributed by atoms with Crippen molar-refractivity contribution in [3.63, 3.8) is 0 Å². The van der Waals surface area contributed by atoms with Crippen molar-refractivity contribution in [2.24, 2.45) is 5.73 Å². The number of hydrogen-bond acceptors (Lipinski definition) is 4. The highest BCUT2D eigenvalue weighted by atomic mass is 16.3. The minimum atomic E-state index is -0.823. The number of amides is 1. The molecule has 2 aromatic carbocycles. The standard InChI is InChI=1S/C21H27N3O2/c22-20(15-25)21(26)23-19-10-12-24(13-11-19)14-16-6-8-18(9-7-16)17-4-2-1-3-5-17/h1-9,19-20,25H,10-15,22H2,(H,23,26)/t20-/m0/s1. The SMILES string of the molecule is N[C@@H](CO)C(=O)NC1CCN(Cc2ccc(-c3ccccc3)cc2)CC1. The smallest absolute Gasteiger partial charge is 0.239 e. The molecule has 4 N–H and O–H groups in total. The number of aliphatic hydroxyl groups excluding tert-OH is 1. The van der Waals surface area contributed by atoms with Gasteiger partial charge in [0.2, 0.25) is 5.91 Å². The lowest BCUT2D eigenvalue weighted by molar-refractivity contribution is -0.124. The summed E-state index contributed by atoms with van der Waals surface area (Å²) in [6.45, 7) is 2.50. The van der Waals surface area contributed by atoms with Gasteiger partial charge < -0.3 is 16.2 Å². The summed E-state index contributed by atoms with van der Waals surface area (Å²) in [4.78, 5) is 14.2. The number of benzene rings is 2. The van der Waals surface area contributed by atoms with Crippen molar-refractivity contribution in [1.29, 1.82) is 0 Å². The second-order valence-electron chi connectivity index (χ2n) is 6.91. The normalized spacial score (nSPS) is 17.0. The predicted molar refractivity (Wildman–Crippen MR) is 103 cm³/mol. The van der Waals surface area contributed by atoms with Crippen molar-refractivity contribution in [2.75, 3.05) is 19.7 Å². The third-order valence-electron chi connectivity index (χ3n) is 4.93. The molecule has 1 atom stereocenters. The van der Waals surface area contributed by atoms with Crippen molar-refractivity contribution >= 4 is 5.91 Å². The Balaban J connectivity index is 1.48. The van der Waals surface area contributed by atoms with Gasteiger partial charge in [0.05, 0.1) is 6.61 Å². The van der Waals surface area contributed by atoms with E-state index in [1.165, 1.54) is 16.7 Å². The van der Waals surface area contributed by atoms with Crippen LogP contribution < -0.4 is 11.1 Å². The summed E-state index contributed by atoms with van der Waals surface area (Å²) in [5.74, 6) is -0.262. The fourth-order valence-electron chi connectivity index (χ4n) is 3.32. The molecule has 1 saturated heterocycles. The Morgan fingerprint density at radius 1 is 1.08 bits per heavy atom. The summed E-state index contributed by atoms with van der Waals surface area (Å²) < 4.78 is 0. The molecule has 138 valence electrons. The van der Waals surface area contributed by atoms with Gasteiger partial charge in [-0.05, 0) is 29.5 Å². The number of rotatable bonds is 6. The van der Waals surface area contributed by atoms with Gasteiger partial charge in [-0.2, -0.15) is 0 Å². The molecule has 1 aliphatic rings. The Morgan fingerprint density at radius 2 is 1.69 bits per heavy atom. The average molecular weight is 353 g/mol. The molecule has 5 nitrogen and oxygen atoms in total. The Kier molecular flexibility index (Phi) is 6.39. The van der Waals surface area contributed by atoms with Crippen LogP contribution in [0.3, 0.4) is 0 Å². The highest BCUT2D eigenvalue weighted by molar-refractivity contribution is 5.81. The van der Waals surface area contributed by atoms with E-state index in [1.54, 1.807) is 0 Å². The van der Waals surface area contributed by atoms with Gasteiger partial charge in [0.15, 0.2) is 0 Å². The van der Waals surface area contributed by atoms with Crippen LogP contribution in [0.25, 0.3) is 11.1 Å². The number of aliphatic hydroxyl groups is 1. The van der Waals surface area contributed by atoms with Gasteiger partial charge in [-0.3, -0.25) is 9.69 Å². The topological polar surface area (TPSA) is 78.6 Å². The van der Waals surface area contributed by atoms with Gasteiger partial charge in [-0.15, -0.1) is 0 Å². The molecular formula is C21H27N3O2. The quantitative estimate of drug-likeness (QED) is 0.739. The lowest BCUT2D eigenvalue weighted by Crippen LogP contribution is -2.50. The number of nitrogens with two attached hydrogens (primary N) is 1. The van der Waals surface area contributed by atoms with Gasteiger partial charge in [0, 0.05) is 25.7 Å². The second-order valence-corrected chi connectivity index (χ2v) is 6.91. The van der Waals surface area contributed by atoms with Crippen molar-refractivity contribution in [2.45, 2.75) is 31.5 Å². The van der Waals surface area contributed by atoms with Crippen molar-refractivity contribution in [3.05, 3.63) is 60.2 Å². The summed E-state index contributed by atoms with van der Waals surface area (Å²) in [6.07, 6.45) is 1.82. The maximum absolute atomic E-state index is 11.8. The summed E-state index contributed by atoms with van der Waals surface area (Å²) in [5, 5.41) is 11.9. The molecule has 26 heavy (non-hydrogen) atoms. The van der Waals surface area contributed by atoms with E-state index in [0.29, 0.717) is 0 Å². The predicted octanol–water partition coefficient (Wildman–Crippen LogP) is 1.75. The summed E-state index contributed by atoms with van der Waals surface area (Å²) in [6, 6.07) is 18.4. The monoisotopic (exact) mass is 353 g/mol. The molecule has 1 amide bonds. The van der Waals surface area contributed by atoms with Gasteiger partial charge in [-0.25, -0.2) is 0 Å². The number of nitrogens with zero attached hydrogens (tertiary/aromatic N) is 1. The summed E-state index contributed by atoms with van der Waals surface area (Å²) >= 11 is 0. The minimum Gasteiger partial charge on any atom is -0.394 e. The Morgan fingerprint density at radius 3 is 2.31 bits per heavy atom. The van der Waals surface area contributed by atoms with Crippen LogP contribution in [0.5, 0.6) is 0 Å². The average Bonchev–Trinajstić information content (AvgIpc) is 2.70. The first-order chi connectivity index (χ1) is 12.7. The van der Waals surface area contributed by atoms with Gasteiger partial charge in [-0.1, -0.05) is 54.6 Å². The van der Waals surface area contributed by atoms with E-state index < -0.39 is 6.04 Å². The van der Waals surface area contributed by atoms with Gasteiger partial charge >= 0.3 is 0 Å². The number of carbonyl (C=O) groups is 1. The Hall–Kier alpha value is -2.21. The first-order valence-corrected chi connectivity index (χ1v) is 9.19. The van der Waals surface area contributed by atoms with Crippen LogP contribution in [0, 0.1) is 0 Å². The lowest BCUT2D eigenvalue weighted by Gasteiger charge is -2.32. The fourth-order valence-corrected chi connectivity index (χ4v) is 3.32. The third-order valence-corrected chi connectivity index (χ3v) is 4.93. The molecule has 3 rings (SSSR count). The number of carbonyl (C=O) groups excluding carboxylic acids is 1. The van der Waals surface area contributed by atoms with E-state index in [1.807, 2.05) is 6.07 Å². The van der Waals surface area contributed by atoms with Crippen LogP contribution in [-0.4, -0.2) is 47.7 Å². The summed E-state index contributed by atoms with van der Waals surface area (Å²) in [5.41, 5.74) is 9.31. The maximum atomic E-state index is 11.8. The van der Waals surface area contributed by atoms with Crippen LogP contribution >= 0.6 is 0 Å². The van der Waals surface area contributed by atoms with E-state index in [0.717, 1.165) is 32.5 Å². The molecule has 0 aliphatic carbocycles. The van der Waals surface area contributed by atoms with Crippen LogP contribution in [0.2, 0.25) is 0 Å². The van der Waals surface area contributed by atoms with Gasteiger partial charge in [0.1, 0.15) is 6.04 Å². The van der Waals surface area contributed by atoms with Crippen LogP contribution in [-0.2, 0) is 11.3 Å². The molecule has 0 spiro atoms. The highest BCUT2D eigenvalue weighted by Gasteiger charge is 2.22. The van der Waals surface area contributed by atoms with Crippen molar-refractivity contribution < 1.29 is 9.90 Å². The first-order valence-electron chi connectivity index (χ1n) is 9.19. The molecule has 0 saturated carbocycles. The number of nitrogens with one attached hydrogen (secondary N) is 1.